The van der Waals surface area contributed by atoms with E-state index in [0.29, 0.717) is 22.2 Å². The second-order valence-electron chi connectivity index (χ2n) is 7.38. The Morgan fingerprint density at radius 1 is 0.938 bits per heavy atom. The normalized spacial score (nSPS) is 11.7. The second-order valence-corrected chi connectivity index (χ2v) is 7.38. The maximum Gasteiger partial charge on any atom is 0.253 e. The topological polar surface area (TPSA) is 93.1 Å². The first-order chi connectivity index (χ1) is 15.5. The molecule has 1 heterocycles. The molecule has 0 aliphatic carbocycles. The average Bonchev–Trinajstić information content (AvgIpc) is 2.82. The fourth-order valence-corrected chi connectivity index (χ4v) is 3.50. The molecule has 0 radical (unpaired) electrons. The number of anilines is 1. The molecule has 0 fully saturated rings. The van der Waals surface area contributed by atoms with E-state index < -0.39 is 0 Å². The highest BCUT2D eigenvalue weighted by Crippen LogP contribution is 2.18. The molecule has 0 unspecified atom stereocenters. The molecule has 2 N–H and O–H groups in total. The number of carbonyl (C=O) groups is 2. The molecule has 0 saturated carbocycles. The number of para-hydroxylation sites is 2. The lowest BCUT2D eigenvalue weighted by molar-refractivity contribution is -0.116. The van der Waals surface area contributed by atoms with Crippen molar-refractivity contribution < 1.29 is 9.59 Å². The van der Waals surface area contributed by atoms with E-state index in [2.05, 4.69) is 15.7 Å². The van der Waals surface area contributed by atoms with Crippen LogP contribution in [0.5, 0.6) is 0 Å². The number of hydrogen-bond donors (Lipinski definition) is 2. The number of aromatic nitrogens is 2. The summed E-state index contributed by atoms with van der Waals surface area (Å²) in [5.41, 5.74) is 2.12. The van der Waals surface area contributed by atoms with Crippen LogP contribution in [-0.2, 0) is 11.3 Å². The van der Waals surface area contributed by atoms with Gasteiger partial charge in [0.15, 0.2) is 0 Å². The van der Waals surface area contributed by atoms with E-state index >= 15 is 0 Å². The summed E-state index contributed by atoms with van der Waals surface area (Å²) >= 11 is 0. The van der Waals surface area contributed by atoms with Crippen LogP contribution in [0, 0.1) is 0 Å². The molecule has 160 valence electrons. The molecule has 7 nitrogen and oxygen atoms in total. The molecular formula is C25H22N4O3. The third-order valence-corrected chi connectivity index (χ3v) is 5.15. The zero-order valence-corrected chi connectivity index (χ0v) is 17.5. The summed E-state index contributed by atoms with van der Waals surface area (Å²) in [6.45, 7) is 1.80. The molecular weight excluding hydrogens is 404 g/mol. The number of nitrogens with one attached hydrogen (secondary N) is 2. The lowest BCUT2D eigenvalue weighted by Crippen LogP contribution is -2.28. The molecule has 0 saturated heterocycles. The first-order valence-electron chi connectivity index (χ1n) is 10.2. The van der Waals surface area contributed by atoms with Gasteiger partial charge in [-0.1, -0.05) is 54.6 Å². The zero-order valence-electron chi connectivity index (χ0n) is 17.5. The van der Waals surface area contributed by atoms with Gasteiger partial charge in [-0.25, -0.2) is 0 Å². The summed E-state index contributed by atoms with van der Waals surface area (Å²) < 4.78 is 1.46. The van der Waals surface area contributed by atoms with E-state index in [1.165, 1.54) is 10.9 Å². The highest BCUT2D eigenvalue weighted by Gasteiger charge is 2.16. The molecule has 4 rings (SSSR count). The minimum atomic E-state index is -0.359. The second kappa shape index (κ2) is 9.26. The van der Waals surface area contributed by atoms with Crippen LogP contribution >= 0.6 is 0 Å². The predicted octanol–water partition coefficient (Wildman–Crippen LogP) is 3.53. The molecule has 0 aliphatic heterocycles. The maximum atomic E-state index is 12.9. The van der Waals surface area contributed by atoms with E-state index in [0.717, 1.165) is 5.56 Å². The lowest BCUT2D eigenvalue weighted by atomic mass is 10.1. The number of amides is 2. The van der Waals surface area contributed by atoms with E-state index in [9.17, 15) is 14.4 Å². The fourth-order valence-electron chi connectivity index (χ4n) is 3.50. The van der Waals surface area contributed by atoms with Gasteiger partial charge in [0.25, 0.3) is 5.91 Å². The van der Waals surface area contributed by atoms with Crippen molar-refractivity contribution >= 4 is 28.4 Å². The molecule has 1 aromatic heterocycles. The SMILES string of the molecule is C[C@H](NC(=O)c1ccccc1NC(=O)Cn1ncc(=O)c2ccccc21)c1ccccc1. The Morgan fingerprint density at radius 2 is 1.62 bits per heavy atom. The summed E-state index contributed by atoms with van der Waals surface area (Å²) in [4.78, 5) is 37.6. The van der Waals surface area contributed by atoms with Gasteiger partial charge < -0.3 is 10.6 Å². The monoisotopic (exact) mass is 426 g/mol. The van der Waals surface area contributed by atoms with Crippen molar-refractivity contribution in [2.45, 2.75) is 19.5 Å². The van der Waals surface area contributed by atoms with Gasteiger partial charge in [0, 0.05) is 5.39 Å². The van der Waals surface area contributed by atoms with Crippen LogP contribution < -0.4 is 16.1 Å². The van der Waals surface area contributed by atoms with Crippen LogP contribution in [0.4, 0.5) is 5.69 Å². The molecule has 4 aromatic rings. The van der Waals surface area contributed by atoms with Crippen molar-refractivity contribution in [3.8, 4) is 0 Å². The van der Waals surface area contributed by atoms with Gasteiger partial charge in [-0.3, -0.25) is 19.1 Å². The number of fused-ring (bicyclic) bond motifs is 1. The Labute approximate surface area is 184 Å². The first kappa shape index (κ1) is 21.0. The van der Waals surface area contributed by atoms with E-state index in [-0.39, 0.29) is 29.8 Å². The number of hydrogen-bond acceptors (Lipinski definition) is 4. The van der Waals surface area contributed by atoms with Crippen molar-refractivity contribution in [1.82, 2.24) is 15.1 Å². The molecule has 32 heavy (non-hydrogen) atoms. The Balaban J connectivity index is 1.51. The Morgan fingerprint density at radius 3 is 2.44 bits per heavy atom. The third-order valence-electron chi connectivity index (χ3n) is 5.15. The summed E-state index contributed by atoms with van der Waals surface area (Å²) in [6.07, 6.45) is 1.20. The largest absolute Gasteiger partial charge is 0.345 e. The van der Waals surface area contributed by atoms with Crippen molar-refractivity contribution in [2.75, 3.05) is 5.32 Å². The molecule has 2 amide bonds. The van der Waals surface area contributed by atoms with Crippen molar-refractivity contribution in [3.05, 3.63) is 106 Å². The minimum absolute atomic E-state index is 0.100. The molecule has 0 spiro atoms. The number of benzene rings is 3. The number of carbonyl (C=O) groups excluding carboxylic acids is 2. The quantitative estimate of drug-likeness (QED) is 0.493. The van der Waals surface area contributed by atoms with Gasteiger partial charge in [-0.2, -0.15) is 5.10 Å². The average molecular weight is 426 g/mol. The molecule has 3 aromatic carbocycles. The highest BCUT2D eigenvalue weighted by molar-refractivity contribution is 6.04. The van der Waals surface area contributed by atoms with Crippen molar-refractivity contribution in [2.24, 2.45) is 0 Å². The van der Waals surface area contributed by atoms with Crippen LogP contribution in [0.2, 0.25) is 0 Å². The molecule has 7 heteroatoms. The minimum Gasteiger partial charge on any atom is -0.345 e. The summed E-state index contributed by atoms with van der Waals surface area (Å²) in [6, 6.07) is 23.3. The van der Waals surface area contributed by atoms with Gasteiger partial charge >= 0.3 is 0 Å². The Bertz CT molecular complexity index is 1330. The van der Waals surface area contributed by atoms with Crippen LogP contribution in [0.3, 0.4) is 0 Å². The van der Waals surface area contributed by atoms with E-state index in [1.807, 2.05) is 37.3 Å². The Kier molecular flexibility index (Phi) is 6.07. The van der Waals surface area contributed by atoms with Gasteiger partial charge in [-0.05, 0) is 36.8 Å². The van der Waals surface area contributed by atoms with Crippen molar-refractivity contribution in [3.63, 3.8) is 0 Å². The van der Waals surface area contributed by atoms with Crippen LogP contribution in [-0.4, -0.2) is 21.6 Å². The van der Waals surface area contributed by atoms with Crippen LogP contribution in [0.15, 0.2) is 89.9 Å². The number of rotatable bonds is 6. The fraction of sp³-hybridized carbons (Fsp3) is 0.120. The van der Waals surface area contributed by atoms with Crippen LogP contribution in [0.25, 0.3) is 10.9 Å². The van der Waals surface area contributed by atoms with Gasteiger partial charge in [0.2, 0.25) is 11.3 Å². The van der Waals surface area contributed by atoms with E-state index in [1.54, 1.807) is 48.5 Å². The molecule has 1 atom stereocenters. The smallest absolute Gasteiger partial charge is 0.253 e. The van der Waals surface area contributed by atoms with Crippen molar-refractivity contribution in [1.29, 1.82) is 0 Å². The molecule has 0 aliphatic rings. The van der Waals surface area contributed by atoms with Crippen LogP contribution in [0.1, 0.15) is 28.9 Å². The Hall–Kier alpha value is -4.26. The standard InChI is InChI=1S/C25H22N4O3/c1-17(18-9-3-2-4-10-18)27-25(32)19-11-5-7-13-21(19)28-24(31)16-29-22-14-8-6-12-20(22)23(30)15-26-29/h2-15,17H,16H2,1H3,(H,27,32)(H,28,31)/t17-/m0/s1. The van der Waals surface area contributed by atoms with Gasteiger partial charge in [0.1, 0.15) is 6.54 Å². The highest BCUT2D eigenvalue weighted by atomic mass is 16.2. The third kappa shape index (κ3) is 4.57. The lowest BCUT2D eigenvalue weighted by Gasteiger charge is -2.16. The van der Waals surface area contributed by atoms with Gasteiger partial charge in [0.05, 0.1) is 29.0 Å². The summed E-state index contributed by atoms with van der Waals surface area (Å²) in [5, 5.41) is 10.3. The van der Waals surface area contributed by atoms with Gasteiger partial charge in [-0.15, -0.1) is 0 Å². The summed E-state index contributed by atoms with van der Waals surface area (Å²) in [7, 11) is 0. The predicted molar refractivity (Wildman–Crippen MR) is 123 cm³/mol. The zero-order chi connectivity index (χ0) is 22.5. The molecule has 0 bridgehead atoms. The number of nitrogens with zero attached hydrogens (tertiary/aromatic N) is 2. The van der Waals surface area contributed by atoms with E-state index in [4.69, 9.17) is 0 Å². The first-order valence-corrected chi connectivity index (χ1v) is 10.2. The maximum absolute atomic E-state index is 12.9. The summed E-state index contributed by atoms with van der Waals surface area (Å²) in [5.74, 6) is -0.646.